The summed E-state index contributed by atoms with van der Waals surface area (Å²) in [5, 5.41) is 13.8. The maximum Gasteiger partial charge on any atom is 0.168 e. The first-order valence-corrected chi connectivity index (χ1v) is 6.17. The fourth-order valence-corrected chi connectivity index (χ4v) is 1.74. The van der Waals surface area contributed by atoms with E-state index in [0.717, 1.165) is 0 Å². The standard InChI is InChI=1S/C14H17FN2O2/c1-9(2)17-8-11(7-16-17)19-14-12(10(3)18)5-4-6-13(14)15/h4-10,18H,1-3H3/t10-/m1/s1. The lowest BCUT2D eigenvalue weighted by molar-refractivity contribution is 0.194. The first-order chi connectivity index (χ1) is 8.99. The molecule has 1 heterocycles. The molecule has 5 heteroatoms. The van der Waals surface area contributed by atoms with Crippen LogP contribution in [0.25, 0.3) is 0 Å². The van der Waals surface area contributed by atoms with Gasteiger partial charge in [0.1, 0.15) is 0 Å². The van der Waals surface area contributed by atoms with Gasteiger partial charge in [-0.25, -0.2) is 4.39 Å². The third kappa shape index (κ3) is 2.93. The molecule has 0 amide bonds. The summed E-state index contributed by atoms with van der Waals surface area (Å²) < 4.78 is 21.0. The second kappa shape index (κ2) is 5.40. The van der Waals surface area contributed by atoms with Crippen molar-refractivity contribution in [1.82, 2.24) is 9.78 Å². The molecular formula is C14H17FN2O2. The molecule has 0 fully saturated rings. The van der Waals surface area contributed by atoms with Gasteiger partial charge in [-0.3, -0.25) is 4.68 Å². The number of rotatable bonds is 4. The van der Waals surface area contributed by atoms with Crippen LogP contribution < -0.4 is 4.74 Å². The van der Waals surface area contributed by atoms with E-state index in [2.05, 4.69) is 5.10 Å². The van der Waals surface area contributed by atoms with Gasteiger partial charge in [0.2, 0.25) is 0 Å². The van der Waals surface area contributed by atoms with Gasteiger partial charge in [-0.2, -0.15) is 5.10 Å². The third-order valence-electron chi connectivity index (χ3n) is 2.77. The maximum atomic E-state index is 13.8. The van der Waals surface area contributed by atoms with E-state index in [1.54, 1.807) is 29.9 Å². The van der Waals surface area contributed by atoms with Crippen molar-refractivity contribution in [3.05, 3.63) is 42.0 Å². The number of hydrogen-bond acceptors (Lipinski definition) is 3. The maximum absolute atomic E-state index is 13.8. The van der Waals surface area contributed by atoms with Crippen molar-refractivity contribution in [3.8, 4) is 11.5 Å². The first kappa shape index (κ1) is 13.5. The van der Waals surface area contributed by atoms with E-state index in [9.17, 15) is 9.50 Å². The van der Waals surface area contributed by atoms with Gasteiger partial charge >= 0.3 is 0 Å². The Bertz CT molecular complexity index is 564. The van der Waals surface area contributed by atoms with Crippen molar-refractivity contribution in [2.75, 3.05) is 0 Å². The summed E-state index contributed by atoms with van der Waals surface area (Å²) in [6.07, 6.45) is 2.42. The minimum Gasteiger partial charge on any atom is -0.451 e. The lowest BCUT2D eigenvalue weighted by Gasteiger charge is -2.12. The molecule has 19 heavy (non-hydrogen) atoms. The predicted molar refractivity (Wildman–Crippen MR) is 69.7 cm³/mol. The van der Waals surface area contributed by atoms with E-state index >= 15 is 0 Å². The monoisotopic (exact) mass is 264 g/mol. The highest BCUT2D eigenvalue weighted by Crippen LogP contribution is 2.32. The van der Waals surface area contributed by atoms with Gasteiger partial charge in [0, 0.05) is 11.6 Å². The summed E-state index contributed by atoms with van der Waals surface area (Å²) in [4.78, 5) is 0. The summed E-state index contributed by atoms with van der Waals surface area (Å²) in [6.45, 7) is 5.54. The lowest BCUT2D eigenvalue weighted by atomic mass is 10.1. The number of benzene rings is 1. The zero-order valence-electron chi connectivity index (χ0n) is 11.2. The molecule has 0 radical (unpaired) electrons. The molecule has 1 atom stereocenters. The van der Waals surface area contributed by atoms with Crippen molar-refractivity contribution in [1.29, 1.82) is 0 Å². The van der Waals surface area contributed by atoms with Crippen LogP contribution in [0.2, 0.25) is 0 Å². The van der Waals surface area contributed by atoms with E-state index in [0.29, 0.717) is 11.3 Å². The molecule has 102 valence electrons. The van der Waals surface area contributed by atoms with Crippen LogP contribution in [0.15, 0.2) is 30.6 Å². The average molecular weight is 264 g/mol. The summed E-state index contributed by atoms with van der Waals surface area (Å²) in [7, 11) is 0. The fraction of sp³-hybridized carbons (Fsp3) is 0.357. The number of para-hydroxylation sites is 1. The highest BCUT2D eigenvalue weighted by atomic mass is 19.1. The zero-order chi connectivity index (χ0) is 14.0. The summed E-state index contributed by atoms with van der Waals surface area (Å²) in [5.74, 6) is -0.0165. The smallest absolute Gasteiger partial charge is 0.168 e. The normalized spacial score (nSPS) is 12.7. The molecule has 1 N–H and O–H groups in total. The molecular weight excluding hydrogens is 247 g/mol. The van der Waals surface area contributed by atoms with Crippen molar-refractivity contribution < 1.29 is 14.2 Å². The molecule has 2 rings (SSSR count). The van der Waals surface area contributed by atoms with E-state index in [1.165, 1.54) is 12.3 Å². The van der Waals surface area contributed by atoms with Gasteiger partial charge in [0.15, 0.2) is 17.3 Å². The Morgan fingerprint density at radius 1 is 1.32 bits per heavy atom. The Hall–Kier alpha value is -1.88. The topological polar surface area (TPSA) is 47.3 Å². The van der Waals surface area contributed by atoms with E-state index < -0.39 is 11.9 Å². The molecule has 0 aliphatic carbocycles. The summed E-state index contributed by atoms with van der Waals surface area (Å²) in [6, 6.07) is 4.68. The van der Waals surface area contributed by atoms with Crippen LogP contribution in [-0.2, 0) is 0 Å². The number of halogens is 1. The van der Waals surface area contributed by atoms with Gasteiger partial charge in [-0.05, 0) is 26.8 Å². The van der Waals surface area contributed by atoms with Crippen LogP contribution in [0.3, 0.4) is 0 Å². The minimum atomic E-state index is -0.800. The molecule has 1 aromatic carbocycles. The molecule has 0 aliphatic rings. The van der Waals surface area contributed by atoms with Crippen LogP contribution in [0.5, 0.6) is 11.5 Å². The van der Waals surface area contributed by atoms with Crippen molar-refractivity contribution >= 4 is 0 Å². The van der Waals surface area contributed by atoms with Crippen LogP contribution in [0.4, 0.5) is 4.39 Å². The van der Waals surface area contributed by atoms with Crippen LogP contribution in [0.1, 0.15) is 38.5 Å². The molecule has 0 saturated carbocycles. The van der Waals surface area contributed by atoms with Gasteiger partial charge in [0.25, 0.3) is 0 Å². The lowest BCUT2D eigenvalue weighted by Crippen LogP contribution is -2.00. The Kier molecular flexibility index (Phi) is 3.85. The van der Waals surface area contributed by atoms with Crippen molar-refractivity contribution in [2.24, 2.45) is 0 Å². The second-order valence-electron chi connectivity index (χ2n) is 4.69. The van der Waals surface area contributed by atoms with E-state index in [-0.39, 0.29) is 11.8 Å². The Morgan fingerprint density at radius 2 is 2.05 bits per heavy atom. The largest absolute Gasteiger partial charge is 0.451 e. The van der Waals surface area contributed by atoms with E-state index in [4.69, 9.17) is 4.74 Å². The van der Waals surface area contributed by atoms with Crippen LogP contribution in [0, 0.1) is 5.82 Å². The quantitative estimate of drug-likeness (QED) is 0.920. The van der Waals surface area contributed by atoms with Gasteiger partial charge in [0.05, 0.1) is 18.5 Å². The number of hydrogen-bond donors (Lipinski definition) is 1. The molecule has 1 aromatic heterocycles. The van der Waals surface area contributed by atoms with Gasteiger partial charge < -0.3 is 9.84 Å². The molecule has 0 saturated heterocycles. The van der Waals surface area contributed by atoms with Crippen molar-refractivity contribution in [3.63, 3.8) is 0 Å². The highest BCUT2D eigenvalue weighted by molar-refractivity contribution is 5.39. The fourth-order valence-electron chi connectivity index (χ4n) is 1.74. The molecule has 0 aliphatic heterocycles. The molecule has 4 nitrogen and oxygen atoms in total. The SMILES string of the molecule is CC(C)n1cc(Oc2c(F)cccc2[C@@H](C)O)cn1. The van der Waals surface area contributed by atoms with Gasteiger partial charge in [-0.15, -0.1) is 0 Å². The van der Waals surface area contributed by atoms with Crippen LogP contribution >= 0.6 is 0 Å². The first-order valence-electron chi connectivity index (χ1n) is 6.17. The predicted octanol–water partition coefficient (Wildman–Crippen LogP) is 3.45. The second-order valence-corrected chi connectivity index (χ2v) is 4.69. The number of aliphatic hydroxyl groups excluding tert-OH is 1. The Balaban J connectivity index is 2.32. The zero-order valence-corrected chi connectivity index (χ0v) is 11.2. The molecule has 0 bridgehead atoms. The average Bonchev–Trinajstić information content (AvgIpc) is 2.80. The number of ether oxygens (including phenoxy) is 1. The Labute approximate surface area is 111 Å². The molecule has 0 unspecified atom stereocenters. The highest BCUT2D eigenvalue weighted by Gasteiger charge is 2.15. The number of aromatic nitrogens is 2. The van der Waals surface area contributed by atoms with Gasteiger partial charge in [-0.1, -0.05) is 12.1 Å². The van der Waals surface area contributed by atoms with Crippen molar-refractivity contribution in [2.45, 2.75) is 32.9 Å². The summed E-state index contributed by atoms with van der Waals surface area (Å²) >= 11 is 0. The number of nitrogens with zero attached hydrogens (tertiary/aromatic N) is 2. The van der Waals surface area contributed by atoms with Crippen LogP contribution in [-0.4, -0.2) is 14.9 Å². The summed E-state index contributed by atoms with van der Waals surface area (Å²) in [5.41, 5.74) is 0.414. The third-order valence-corrected chi connectivity index (χ3v) is 2.77. The molecule has 0 spiro atoms. The minimum absolute atomic E-state index is 0.0424. The molecule has 2 aromatic rings. The van der Waals surface area contributed by atoms with E-state index in [1.807, 2.05) is 13.8 Å². The number of aliphatic hydroxyl groups is 1. The Morgan fingerprint density at radius 3 is 2.63 bits per heavy atom.